The van der Waals surface area contributed by atoms with E-state index in [4.69, 9.17) is 11.6 Å². The molecule has 0 aliphatic rings. The lowest BCUT2D eigenvalue weighted by molar-refractivity contribution is 0.0988. The van der Waals surface area contributed by atoms with Crippen LogP contribution in [-0.2, 0) is 0 Å². The molecule has 2 heteroatoms. The Morgan fingerprint density at radius 2 is 1.71 bits per heavy atom. The number of carbonyl (C=O) groups excluding carboxylic acids is 1. The van der Waals surface area contributed by atoms with Gasteiger partial charge in [-0.25, -0.2) is 0 Å². The molecule has 0 amide bonds. The molecule has 14 heavy (non-hydrogen) atoms. The first-order valence-electron chi connectivity index (χ1n) is 4.73. The smallest absolute Gasteiger partial charge is 0.164 e. The van der Waals surface area contributed by atoms with Gasteiger partial charge in [-0.1, -0.05) is 6.07 Å². The van der Waals surface area contributed by atoms with Gasteiger partial charge in [0.25, 0.3) is 0 Å². The summed E-state index contributed by atoms with van der Waals surface area (Å²) >= 11 is 5.55. The molecule has 0 bridgehead atoms. The van der Waals surface area contributed by atoms with Crippen LogP contribution in [0.1, 0.15) is 33.5 Å². The van der Waals surface area contributed by atoms with Gasteiger partial charge < -0.3 is 0 Å². The Morgan fingerprint density at radius 1 is 1.14 bits per heavy atom. The van der Waals surface area contributed by atoms with Gasteiger partial charge in [0.15, 0.2) is 5.78 Å². The molecule has 1 rings (SSSR count). The van der Waals surface area contributed by atoms with E-state index < -0.39 is 0 Å². The Morgan fingerprint density at radius 3 is 2.29 bits per heavy atom. The number of benzene rings is 1. The van der Waals surface area contributed by atoms with Crippen LogP contribution in [0.4, 0.5) is 0 Å². The van der Waals surface area contributed by atoms with E-state index in [1.54, 1.807) is 0 Å². The molecule has 1 aromatic rings. The zero-order chi connectivity index (χ0) is 10.7. The highest BCUT2D eigenvalue weighted by Gasteiger charge is 2.09. The maximum absolute atomic E-state index is 11.6. The molecular weight excluding hydrogens is 196 g/mol. The van der Waals surface area contributed by atoms with E-state index in [0.29, 0.717) is 12.3 Å². The van der Waals surface area contributed by atoms with Crippen LogP contribution in [0.15, 0.2) is 12.1 Å². The third kappa shape index (κ3) is 2.36. The molecule has 0 aliphatic heterocycles. The summed E-state index contributed by atoms with van der Waals surface area (Å²) in [6, 6.07) is 4.01. The number of halogens is 1. The Balaban J connectivity index is 3.09. The molecule has 0 aromatic heterocycles. The lowest BCUT2D eigenvalue weighted by atomic mass is 9.97. The molecule has 0 heterocycles. The average Bonchev–Trinajstić information content (AvgIpc) is 2.11. The van der Waals surface area contributed by atoms with Crippen molar-refractivity contribution in [3.05, 3.63) is 34.4 Å². The molecule has 0 radical (unpaired) electrons. The minimum absolute atomic E-state index is 0.139. The highest BCUT2D eigenvalue weighted by Crippen LogP contribution is 2.16. The molecule has 0 unspecified atom stereocenters. The molecule has 0 aliphatic carbocycles. The summed E-state index contributed by atoms with van der Waals surface area (Å²) < 4.78 is 0. The summed E-state index contributed by atoms with van der Waals surface area (Å²) in [5.41, 5.74) is 4.25. The van der Waals surface area contributed by atoms with Crippen molar-refractivity contribution >= 4 is 17.4 Å². The first kappa shape index (κ1) is 11.3. The van der Waals surface area contributed by atoms with Crippen LogP contribution in [0.25, 0.3) is 0 Å². The van der Waals surface area contributed by atoms with Gasteiger partial charge in [0.1, 0.15) is 0 Å². The number of hydrogen-bond donors (Lipinski definition) is 0. The van der Waals surface area contributed by atoms with Crippen LogP contribution in [0.5, 0.6) is 0 Å². The van der Waals surface area contributed by atoms with E-state index in [9.17, 15) is 4.79 Å². The predicted octanol–water partition coefficient (Wildman–Crippen LogP) is 3.42. The van der Waals surface area contributed by atoms with Crippen LogP contribution >= 0.6 is 11.6 Å². The van der Waals surface area contributed by atoms with Crippen molar-refractivity contribution in [1.82, 2.24) is 0 Å². The van der Waals surface area contributed by atoms with Gasteiger partial charge in [0.2, 0.25) is 0 Å². The van der Waals surface area contributed by atoms with Crippen molar-refractivity contribution in [2.24, 2.45) is 0 Å². The van der Waals surface area contributed by atoms with Gasteiger partial charge in [-0.15, -0.1) is 11.6 Å². The van der Waals surface area contributed by atoms with E-state index in [1.807, 2.05) is 19.9 Å². The fourth-order valence-corrected chi connectivity index (χ4v) is 1.65. The SMILES string of the molecule is Cc1cc(C)c(C(=O)CCCl)cc1C. The zero-order valence-electron chi connectivity index (χ0n) is 8.86. The Hall–Kier alpha value is -0.820. The molecule has 0 atom stereocenters. The van der Waals surface area contributed by atoms with E-state index >= 15 is 0 Å². The monoisotopic (exact) mass is 210 g/mol. The van der Waals surface area contributed by atoms with Crippen LogP contribution in [0.2, 0.25) is 0 Å². The highest BCUT2D eigenvalue weighted by atomic mass is 35.5. The Labute approximate surface area is 90.1 Å². The zero-order valence-corrected chi connectivity index (χ0v) is 9.61. The molecule has 1 nitrogen and oxygen atoms in total. The summed E-state index contributed by atoms with van der Waals surface area (Å²) in [6.45, 7) is 6.04. The van der Waals surface area contributed by atoms with Gasteiger partial charge in [0, 0.05) is 17.9 Å². The van der Waals surface area contributed by atoms with Gasteiger partial charge in [-0.3, -0.25) is 4.79 Å². The number of ketones is 1. The average molecular weight is 211 g/mol. The lowest BCUT2D eigenvalue weighted by Gasteiger charge is -2.07. The Bertz CT molecular complexity index is 356. The van der Waals surface area contributed by atoms with E-state index in [-0.39, 0.29) is 5.78 Å². The van der Waals surface area contributed by atoms with Crippen LogP contribution in [0.3, 0.4) is 0 Å². The predicted molar refractivity (Wildman–Crippen MR) is 60.3 cm³/mol. The fourth-order valence-electron chi connectivity index (χ4n) is 1.48. The second kappa shape index (κ2) is 4.61. The summed E-state index contributed by atoms with van der Waals surface area (Å²) in [5.74, 6) is 0.533. The molecule has 0 fully saturated rings. The first-order valence-corrected chi connectivity index (χ1v) is 5.26. The summed E-state index contributed by atoms with van der Waals surface area (Å²) in [4.78, 5) is 11.6. The van der Waals surface area contributed by atoms with Gasteiger partial charge >= 0.3 is 0 Å². The van der Waals surface area contributed by atoms with Gasteiger partial charge in [-0.05, 0) is 43.5 Å². The standard InChI is InChI=1S/C12H15ClO/c1-8-6-10(3)11(7-9(8)2)12(14)4-5-13/h6-7H,4-5H2,1-3H3. The minimum atomic E-state index is 0.139. The molecule has 0 N–H and O–H groups in total. The third-order valence-electron chi connectivity index (χ3n) is 2.46. The molecule has 1 aromatic carbocycles. The second-order valence-corrected chi connectivity index (χ2v) is 3.99. The third-order valence-corrected chi connectivity index (χ3v) is 2.65. The number of hydrogen-bond acceptors (Lipinski definition) is 1. The minimum Gasteiger partial charge on any atom is -0.294 e. The summed E-state index contributed by atoms with van der Waals surface area (Å²) in [6.07, 6.45) is 0.422. The van der Waals surface area contributed by atoms with Crippen LogP contribution in [0, 0.1) is 20.8 Å². The van der Waals surface area contributed by atoms with Crippen molar-refractivity contribution in [1.29, 1.82) is 0 Å². The quantitative estimate of drug-likeness (QED) is 0.552. The number of aryl methyl sites for hydroxylation is 3. The van der Waals surface area contributed by atoms with Crippen LogP contribution in [-0.4, -0.2) is 11.7 Å². The highest BCUT2D eigenvalue weighted by molar-refractivity contribution is 6.19. The summed E-state index contributed by atoms with van der Waals surface area (Å²) in [5, 5.41) is 0. The molecular formula is C12H15ClO. The van der Waals surface area contributed by atoms with Crippen molar-refractivity contribution in [2.75, 3.05) is 5.88 Å². The largest absolute Gasteiger partial charge is 0.294 e. The van der Waals surface area contributed by atoms with Gasteiger partial charge in [0.05, 0.1) is 0 Å². The van der Waals surface area contributed by atoms with E-state index in [1.165, 1.54) is 5.56 Å². The van der Waals surface area contributed by atoms with Crippen LogP contribution < -0.4 is 0 Å². The molecule has 76 valence electrons. The number of alkyl halides is 1. The number of rotatable bonds is 3. The molecule has 0 spiro atoms. The topological polar surface area (TPSA) is 17.1 Å². The molecule has 0 saturated heterocycles. The first-order chi connectivity index (χ1) is 6.56. The second-order valence-electron chi connectivity index (χ2n) is 3.61. The maximum Gasteiger partial charge on any atom is 0.164 e. The normalized spacial score (nSPS) is 10.3. The maximum atomic E-state index is 11.6. The van der Waals surface area contributed by atoms with Crippen molar-refractivity contribution in [2.45, 2.75) is 27.2 Å². The fraction of sp³-hybridized carbons (Fsp3) is 0.417. The number of carbonyl (C=O) groups is 1. The van der Waals surface area contributed by atoms with E-state index in [2.05, 4.69) is 13.0 Å². The lowest BCUT2D eigenvalue weighted by Crippen LogP contribution is -2.03. The molecule has 0 saturated carbocycles. The van der Waals surface area contributed by atoms with Crippen molar-refractivity contribution in [3.63, 3.8) is 0 Å². The van der Waals surface area contributed by atoms with Gasteiger partial charge in [-0.2, -0.15) is 0 Å². The van der Waals surface area contributed by atoms with Crippen molar-refractivity contribution < 1.29 is 4.79 Å². The Kier molecular flexibility index (Phi) is 3.70. The van der Waals surface area contributed by atoms with Crippen molar-refractivity contribution in [3.8, 4) is 0 Å². The van der Waals surface area contributed by atoms with E-state index in [0.717, 1.165) is 16.7 Å². The number of Topliss-reactive ketones (excluding diaryl/α,β-unsaturated/α-hetero) is 1. The summed E-state index contributed by atoms with van der Waals surface area (Å²) in [7, 11) is 0.